The molecule has 1 amide bonds. The summed E-state index contributed by atoms with van der Waals surface area (Å²) in [6, 6.07) is 6.28. The fourth-order valence-electron chi connectivity index (χ4n) is 1.80. The zero-order valence-corrected chi connectivity index (χ0v) is 13.4. The summed E-state index contributed by atoms with van der Waals surface area (Å²) in [6.07, 6.45) is -5.38. The van der Waals surface area contributed by atoms with Crippen LogP contribution in [0.25, 0.3) is 0 Å². The smallest absolute Gasteiger partial charge is 0.394 e. The number of hydrogen-bond donors (Lipinski definition) is 1. The maximum atomic E-state index is 12.9. The van der Waals surface area contributed by atoms with E-state index < -0.39 is 36.4 Å². The van der Waals surface area contributed by atoms with Crippen LogP contribution >= 0.6 is 11.6 Å². The van der Waals surface area contributed by atoms with Gasteiger partial charge in [0.2, 0.25) is 5.91 Å². The number of hydrogen-bond acceptors (Lipinski definition) is 2. The first-order valence-corrected chi connectivity index (χ1v) is 7.11. The van der Waals surface area contributed by atoms with Gasteiger partial charge in [-0.1, -0.05) is 37.6 Å². The van der Waals surface area contributed by atoms with Gasteiger partial charge in [0.15, 0.2) is 0 Å². The van der Waals surface area contributed by atoms with Gasteiger partial charge in [-0.2, -0.15) is 13.2 Å². The van der Waals surface area contributed by atoms with E-state index in [0.29, 0.717) is 10.6 Å². The van der Waals surface area contributed by atoms with Crippen LogP contribution in [0.3, 0.4) is 0 Å². The van der Waals surface area contributed by atoms with Crippen LogP contribution < -0.4 is 0 Å². The molecule has 1 rings (SSSR count). The first-order valence-electron chi connectivity index (χ1n) is 6.73. The van der Waals surface area contributed by atoms with Crippen LogP contribution in [0.5, 0.6) is 0 Å². The fourth-order valence-corrected chi connectivity index (χ4v) is 1.92. The van der Waals surface area contributed by atoms with Crippen LogP contribution in [0.2, 0.25) is 5.02 Å². The number of aliphatic carboxylic acids is 1. The number of amides is 1. The second kappa shape index (κ2) is 7.21. The lowest BCUT2D eigenvalue weighted by atomic mass is 9.88. The van der Waals surface area contributed by atoms with Crippen molar-refractivity contribution in [3.63, 3.8) is 0 Å². The third-order valence-electron chi connectivity index (χ3n) is 3.33. The van der Waals surface area contributed by atoms with Gasteiger partial charge in [0.05, 0.1) is 5.41 Å². The molecule has 0 atom stereocenters. The summed E-state index contributed by atoms with van der Waals surface area (Å²) in [7, 11) is 0. The summed E-state index contributed by atoms with van der Waals surface area (Å²) in [4.78, 5) is 23.9. The Hall–Kier alpha value is -1.76. The monoisotopic (exact) mass is 351 g/mol. The third kappa shape index (κ3) is 5.74. The highest BCUT2D eigenvalue weighted by Crippen LogP contribution is 2.40. The Balaban J connectivity index is 2.91. The van der Waals surface area contributed by atoms with Gasteiger partial charge in [-0.3, -0.25) is 9.59 Å². The molecule has 1 aromatic carbocycles. The lowest BCUT2D eigenvalue weighted by Gasteiger charge is -2.30. The molecule has 128 valence electrons. The SMILES string of the molecule is CC(C)(CC(=O)N(CC(=O)O)Cc1ccc(Cl)cc1)C(F)(F)F. The van der Waals surface area contributed by atoms with Crippen LogP contribution in [-0.2, 0) is 16.1 Å². The van der Waals surface area contributed by atoms with E-state index in [1.165, 1.54) is 0 Å². The Bertz CT molecular complexity index is 570. The van der Waals surface area contributed by atoms with Gasteiger partial charge in [-0.25, -0.2) is 0 Å². The van der Waals surface area contributed by atoms with E-state index in [1.807, 2.05) is 0 Å². The molecule has 0 heterocycles. The van der Waals surface area contributed by atoms with E-state index in [1.54, 1.807) is 24.3 Å². The minimum atomic E-state index is -4.56. The minimum Gasteiger partial charge on any atom is -0.480 e. The van der Waals surface area contributed by atoms with Crippen LogP contribution in [0.15, 0.2) is 24.3 Å². The standard InChI is InChI=1S/C15H17ClF3NO3/c1-14(2,15(17,18)19)7-12(21)20(9-13(22)23)8-10-3-5-11(16)6-4-10/h3-6H,7-9H2,1-2H3,(H,22,23). The van der Waals surface area contributed by atoms with Gasteiger partial charge in [0.1, 0.15) is 6.54 Å². The Labute approximate surface area is 136 Å². The van der Waals surface area contributed by atoms with Crippen LogP contribution in [-0.4, -0.2) is 34.6 Å². The Morgan fingerprint density at radius 2 is 1.70 bits per heavy atom. The zero-order valence-electron chi connectivity index (χ0n) is 12.7. The molecule has 0 aliphatic heterocycles. The number of carbonyl (C=O) groups excluding carboxylic acids is 1. The molecule has 0 aliphatic carbocycles. The van der Waals surface area contributed by atoms with Gasteiger partial charge in [0, 0.05) is 18.0 Å². The maximum Gasteiger partial charge on any atom is 0.394 e. The van der Waals surface area contributed by atoms with E-state index in [0.717, 1.165) is 18.7 Å². The van der Waals surface area contributed by atoms with E-state index in [-0.39, 0.29) is 6.54 Å². The average Bonchev–Trinajstić information content (AvgIpc) is 2.38. The van der Waals surface area contributed by atoms with Crippen LogP contribution in [0.1, 0.15) is 25.8 Å². The molecule has 0 saturated carbocycles. The van der Waals surface area contributed by atoms with Gasteiger partial charge < -0.3 is 10.0 Å². The highest BCUT2D eigenvalue weighted by atomic mass is 35.5. The van der Waals surface area contributed by atoms with Crippen molar-refractivity contribution in [2.45, 2.75) is 33.0 Å². The predicted octanol–water partition coefficient (Wildman–Crippen LogP) is 3.73. The number of alkyl halides is 3. The summed E-state index contributed by atoms with van der Waals surface area (Å²) in [6.45, 7) is 1.05. The second-order valence-electron chi connectivity index (χ2n) is 5.83. The predicted molar refractivity (Wildman–Crippen MR) is 79.0 cm³/mol. The molecule has 0 unspecified atom stereocenters. The molecule has 4 nitrogen and oxygen atoms in total. The van der Waals surface area contributed by atoms with Gasteiger partial charge in [0.25, 0.3) is 0 Å². The van der Waals surface area contributed by atoms with Crippen LogP contribution in [0.4, 0.5) is 13.2 Å². The molecule has 0 saturated heterocycles. The van der Waals surface area contributed by atoms with Crippen LogP contribution in [0, 0.1) is 5.41 Å². The summed E-state index contributed by atoms with van der Waals surface area (Å²) in [5.41, 5.74) is -1.66. The zero-order chi connectivity index (χ0) is 17.8. The Morgan fingerprint density at radius 1 is 1.17 bits per heavy atom. The maximum absolute atomic E-state index is 12.9. The Kier molecular flexibility index (Phi) is 6.04. The fraction of sp³-hybridized carbons (Fsp3) is 0.467. The Morgan fingerprint density at radius 3 is 2.13 bits per heavy atom. The molecule has 8 heteroatoms. The van der Waals surface area contributed by atoms with Crippen molar-refractivity contribution < 1.29 is 27.9 Å². The molecule has 0 radical (unpaired) electrons. The van der Waals surface area contributed by atoms with Crippen molar-refractivity contribution in [2.75, 3.05) is 6.54 Å². The van der Waals surface area contributed by atoms with Crippen molar-refractivity contribution in [2.24, 2.45) is 5.41 Å². The van der Waals surface area contributed by atoms with E-state index in [9.17, 15) is 22.8 Å². The first kappa shape index (κ1) is 19.3. The quantitative estimate of drug-likeness (QED) is 0.849. The average molecular weight is 352 g/mol. The largest absolute Gasteiger partial charge is 0.480 e. The second-order valence-corrected chi connectivity index (χ2v) is 6.26. The number of nitrogens with zero attached hydrogens (tertiary/aromatic N) is 1. The molecule has 0 spiro atoms. The molecular weight excluding hydrogens is 335 g/mol. The van der Waals surface area contributed by atoms with Gasteiger partial charge >= 0.3 is 12.1 Å². The highest BCUT2D eigenvalue weighted by Gasteiger charge is 2.48. The number of carboxylic acids is 1. The lowest BCUT2D eigenvalue weighted by molar-refractivity contribution is -0.215. The molecule has 1 N–H and O–H groups in total. The molecule has 23 heavy (non-hydrogen) atoms. The molecule has 0 aromatic heterocycles. The highest BCUT2D eigenvalue weighted by molar-refractivity contribution is 6.30. The normalized spacial score (nSPS) is 12.1. The van der Waals surface area contributed by atoms with E-state index in [2.05, 4.69) is 0 Å². The number of carbonyl (C=O) groups is 2. The molecule has 1 aromatic rings. The number of rotatable bonds is 6. The first-order chi connectivity index (χ1) is 10.4. The molecular formula is C15H17ClF3NO3. The van der Waals surface area contributed by atoms with Crippen molar-refractivity contribution >= 4 is 23.5 Å². The summed E-state index contributed by atoms with van der Waals surface area (Å²) in [5, 5.41) is 9.34. The molecule has 0 bridgehead atoms. The van der Waals surface area contributed by atoms with E-state index in [4.69, 9.17) is 16.7 Å². The summed E-state index contributed by atoms with van der Waals surface area (Å²) < 4.78 is 38.7. The minimum absolute atomic E-state index is 0.101. The number of halogens is 4. The van der Waals surface area contributed by atoms with Gasteiger partial charge in [-0.15, -0.1) is 0 Å². The third-order valence-corrected chi connectivity index (χ3v) is 3.58. The summed E-state index contributed by atoms with van der Waals surface area (Å²) in [5.74, 6) is -2.16. The molecule has 0 fully saturated rings. The van der Waals surface area contributed by atoms with Crippen molar-refractivity contribution in [1.29, 1.82) is 0 Å². The van der Waals surface area contributed by atoms with E-state index >= 15 is 0 Å². The van der Waals surface area contributed by atoms with Crippen molar-refractivity contribution in [3.05, 3.63) is 34.9 Å². The summed E-state index contributed by atoms with van der Waals surface area (Å²) >= 11 is 5.73. The van der Waals surface area contributed by atoms with Gasteiger partial charge in [-0.05, 0) is 17.7 Å². The van der Waals surface area contributed by atoms with Crippen molar-refractivity contribution in [3.8, 4) is 0 Å². The molecule has 0 aliphatic rings. The number of carboxylic acid groups (broad SMARTS) is 1. The topological polar surface area (TPSA) is 57.6 Å². The number of benzene rings is 1. The lowest BCUT2D eigenvalue weighted by Crippen LogP contribution is -2.41. The van der Waals surface area contributed by atoms with Crippen molar-refractivity contribution in [1.82, 2.24) is 4.90 Å².